The topological polar surface area (TPSA) is 58.9 Å². The predicted octanol–water partition coefficient (Wildman–Crippen LogP) is 1.10. The Labute approximate surface area is 80.7 Å². The number of hydrogen-bond donors (Lipinski definition) is 2. The number of benzene rings is 1. The van der Waals surface area contributed by atoms with Crippen LogP contribution in [0.3, 0.4) is 0 Å². The molecular formula is C10H10O4. The summed E-state index contributed by atoms with van der Waals surface area (Å²) in [6, 6.07) is 3.27. The molecule has 0 atom stereocenters. The number of hydrogen-bond acceptors (Lipinski definition) is 4. The third kappa shape index (κ3) is 0.974. The summed E-state index contributed by atoms with van der Waals surface area (Å²) in [5.74, 6) is 0.925. The molecule has 0 radical (unpaired) electrons. The minimum absolute atomic E-state index is 0.0373. The standard InChI is InChI=1S/C10H10O4/c11-7-3-6(10(12)1-2-10)4-8-9(7)14-5-13-8/h3-4,11-12H,1-2,5H2. The summed E-state index contributed by atoms with van der Waals surface area (Å²) in [5, 5.41) is 19.4. The molecule has 0 amide bonds. The number of ether oxygens (including phenoxy) is 2. The summed E-state index contributed by atoms with van der Waals surface area (Å²) in [6.45, 7) is 0.130. The summed E-state index contributed by atoms with van der Waals surface area (Å²) >= 11 is 0. The van der Waals surface area contributed by atoms with Crippen molar-refractivity contribution < 1.29 is 19.7 Å². The van der Waals surface area contributed by atoms with Crippen LogP contribution in [-0.4, -0.2) is 17.0 Å². The lowest BCUT2D eigenvalue weighted by molar-refractivity contribution is 0.150. The molecular weight excluding hydrogens is 184 g/mol. The molecule has 0 aromatic heterocycles. The Balaban J connectivity index is 2.12. The third-order valence-corrected chi connectivity index (χ3v) is 2.71. The summed E-state index contributed by atoms with van der Waals surface area (Å²) in [6.07, 6.45) is 1.48. The Bertz CT molecular complexity index is 395. The molecule has 4 heteroatoms. The highest BCUT2D eigenvalue weighted by molar-refractivity contribution is 5.55. The Hall–Kier alpha value is -1.42. The minimum atomic E-state index is -0.752. The maximum absolute atomic E-state index is 9.85. The molecule has 3 rings (SSSR count). The van der Waals surface area contributed by atoms with Gasteiger partial charge in [-0.15, -0.1) is 0 Å². The zero-order valence-electron chi connectivity index (χ0n) is 7.49. The average molecular weight is 194 g/mol. The smallest absolute Gasteiger partial charge is 0.231 e. The van der Waals surface area contributed by atoms with Gasteiger partial charge in [-0.2, -0.15) is 0 Å². The quantitative estimate of drug-likeness (QED) is 0.702. The van der Waals surface area contributed by atoms with Gasteiger partial charge in [-0.05, 0) is 30.5 Å². The van der Waals surface area contributed by atoms with E-state index in [0.29, 0.717) is 17.1 Å². The molecule has 1 aromatic rings. The van der Waals surface area contributed by atoms with E-state index in [9.17, 15) is 10.2 Å². The highest BCUT2D eigenvalue weighted by Crippen LogP contribution is 2.50. The van der Waals surface area contributed by atoms with Crippen molar-refractivity contribution in [2.45, 2.75) is 18.4 Å². The van der Waals surface area contributed by atoms with Crippen molar-refractivity contribution in [2.75, 3.05) is 6.79 Å². The molecule has 1 saturated carbocycles. The van der Waals surface area contributed by atoms with Crippen molar-refractivity contribution in [1.82, 2.24) is 0 Å². The molecule has 2 N–H and O–H groups in total. The van der Waals surface area contributed by atoms with Crippen molar-refractivity contribution >= 4 is 0 Å². The molecule has 2 aliphatic rings. The van der Waals surface area contributed by atoms with E-state index < -0.39 is 5.60 Å². The van der Waals surface area contributed by atoms with E-state index in [1.54, 1.807) is 12.1 Å². The fraction of sp³-hybridized carbons (Fsp3) is 0.400. The number of aliphatic hydroxyl groups is 1. The first-order chi connectivity index (χ1) is 6.69. The van der Waals surface area contributed by atoms with E-state index >= 15 is 0 Å². The van der Waals surface area contributed by atoms with Gasteiger partial charge < -0.3 is 19.7 Å². The molecule has 0 unspecified atom stereocenters. The van der Waals surface area contributed by atoms with Crippen LogP contribution in [0, 0.1) is 0 Å². The minimum Gasteiger partial charge on any atom is -0.504 e. The summed E-state index contributed by atoms with van der Waals surface area (Å²) in [7, 11) is 0. The fourth-order valence-corrected chi connectivity index (χ4v) is 1.67. The maximum Gasteiger partial charge on any atom is 0.231 e. The van der Waals surface area contributed by atoms with Crippen LogP contribution in [0.5, 0.6) is 17.2 Å². The molecule has 4 nitrogen and oxygen atoms in total. The summed E-state index contributed by atoms with van der Waals surface area (Å²) in [4.78, 5) is 0. The number of phenols is 1. The van der Waals surface area contributed by atoms with Crippen molar-refractivity contribution in [1.29, 1.82) is 0 Å². The number of phenolic OH excluding ortho intramolecular Hbond substituents is 1. The molecule has 1 heterocycles. The second-order valence-electron chi connectivity index (χ2n) is 3.76. The highest BCUT2D eigenvalue weighted by atomic mass is 16.7. The van der Waals surface area contributed by atoms with Crippen molar-refractivity contribution in [3.63, 3.8) is 0 Å². The van der Waals surface area contributed by atoms with Gasteiger partial charge in [-0.25, -0.2) is 0 Å². The monoisotopic (exact) mass is 194 g/mol. The van der Waals surface area contributed by atoms with E-state index in [-0.39, 0.29) is 12.5 Å². The first-order valence-electron chi connectivity index (χ1n) is 4.54. The molecule has 0 saturated heterocycles. The first-order valence-corrected chi connectivity index (χ1v) is 4.54. The van der Waals surface area contributed by atoms with Crippen LogP contribution in [0.15, 0.2) is 12.1 Å². The third-order valence-electron chi connectivity index (χ3n) is 2.71. The van der Waals surface area contributed by atoms with E-state index in [2.05, 4.69) is 0 Å². The van der Waals surface area contributed by atoms with Gasteiger partial charge in [0, 0.05) is 0 Å². The van der Waals surface area contributed by atoms with E-state index in [4.69, 9.17) is 9.47 Å². The van der Waals surface area contributed by atoms with Gasteiger partial charge >= 0.3 is 0 Å². The molecule has 1 fully saturated rings. The Kier molecular flexibility index (Phi) is 1.32. The number of fused-ring (bicyclic) bond motifs is 1. The lowest BCUT2D eigenvalue weighted by Gasteiger charge is -2.09. The van der Waals surface area contributed by atoms with Crippen molar-refractivity contribution in [3.8, 4) is 17.2 Å². The largest absolute Gasteiger partial charge is 0.504 e. The molecule has 14 heavy (non-hydrogen) atoms. The zero-order valence-corrected chi connectivity index (χ0v) is 7.49. The van der Waals surface area contributed by atoms with Gasteiger partial charge in [0.1, 0.15) is 0 Å². The van der Waals surface area contributed by atoms with Gasteiger partial charge in [0.25, 0.3) is 0 Å². The molecule has 1 aliphatic heterocycles. The lowest BCUT2D eigenvalue weighted by atomic mass is 10.1. The van der Waals surface area contributed by atoms with Crippen molar-refractivity contribution in [2.24, 2.45) is 0 Å². The fourth-order valence-electron chi connectivity index (χ4n) is 1.67. The molecule has 0 spiro atoms. The summed E-state index contributed by atoms with van der Waals surface area (Å²) < 4.78 is 10.2. The normalized spacial score (nSPS) is 20.9. The first kappa shape index (κ1) is 7.94. The van der Waals surface area contributed by atoms with E-state index in [1.807, 2.05) is 0 Å². The predicted molar refractivity (Wildman–Crippen MR) is 47.4 cm³/mol. The van der Waals surface area contributed by atoms with Gasteiger partial charge in [0.05, 0.1) is 5.60 Å². The molecule has 1 aliphatic carbocycles. The molecule has 74 valence electrons. The Morgan fingerprint density at radius 1 is 1.21 bits per heavy atom. The van der Waals surface area contributed by atoms with Crippen LogP contribution in [0.4, 0.5) is 0 Å². The van der Waals surface area contributed by atoms with E-state index in [0.717, 1.165) is 12.8 Å². The van der Waals surface area contributed by atoms with Crippen molar-refractivity contribution in [3.05, 3.63) is 17.7 Å². The highest BCUT2D eigenvalue weighted by Gasteiger charge is 2.43. The number of rotatable bonds is 1. The second kappa shape index (κ2) is 2.33. The Morgan fingerprint density at radius 2 is 2.00 bits per heavy atom. The van der Waals surface area contributed by atoms with Crippen LogP contribution in [-0.2, 0) is 5.60 Å². The van der Waals surface area contributed by atoms with Crippen LogP contribution in [0.25, 0.3) is 0 Å². The zero-order chi connectivity index (χ0) is 9.76. The summed E-state index contributed by atoms with van der Waals surface area (Å²) in [5.41, 5.74) is -0.0439. The maximum atomic E-state index is 9.85. The SMILES string of the molecule is Oc1cc(C2(O)CC2)cc2c1OCO2. The number of aromatic hydroxyl groups is 1. The second-order valence-corrected chi connectivity index (χ2v) is 3.76. The van der Waals surface area contributed by atoms with Gasteiger partial charge in [-0.3, -0.25) is 0 Å². The van der Waals surface area contributed by atoms with Gasteiger partial charge in [0.2, 0.25) is 12.5 Å². The van der Waals surface area contributed by atoms with E-state index in [1.165, 1.54) is 0 Å². The van der Waals surface area contributed by atoms with Crippen LogP contribution >= 0.6 is 0 Å². The van der Waals surface area contributed by atoms with Crippen LogP contribution in [0.2, 0.25) is 0 Å². The average Bonchev–Trinajstić information content (AvgIpc) is 2.75. The molecule has 1 aromatic carbocycles. The van der Waals surface area contributed by atoms with Gasteiger partial charge in [-0.1, -0.05) is 0 Å². The van der Waals surface area contributed by atoms with Crippen LogP contribution < -0.4 is 9.47 Å². The van der Waals surface area contributed by atoms with Crippen LogP contribution in [0.1, 0.15) is 18.4 Å². The molecule has 0 bridgehead atoms. The Morgan fingerprint density at radius 3 is 2.71 bits per heavy atom. The van der Waals surface area contributed by atoms with Gasteiger partial charge in [0.15, 0.2) is 11.5 Å². The lowest BCUT2D eigenvalue weighted by Crippen LogP contribution is -2.03.